The van der Waals surface area contributed by atoms with E-state index in [0.29, 0.717) is 17.0 Å². The van der Waals surface area contributed by atoms with Gasteiger partial charge in [0.1, 0.15) is 16.8 Å². The lowest BCUT2D eigenvalue weighted by Crippen LogP contribution is -2.42. The number of fused-ring (bicyclic) bond motifs is 1. The van der Waals surface area contributed by atoms with Gasteiger partial charge in [-0.1, -0.05) is 35.0 Å². The highest BCUT2D eigenvalue weighted by Crippen LogP contribution is 2.26. The molecule has 0 aliphatic carbocycles. The van der Waals surface area contributed by atoms with Gasteiger partial charge in [-0.15, -0.1) is 10.2 Å². The third kappa shape index (κ3) is 4.67. The number of halogens is 1. The highest BCUT2D eigenvalue weighted by molar-refractivity contribution is 9.10. The molecule has 3 aromatic carbocycles. The lowest BCUT2D eigenvalue weighted by atomic mass is 10.1. The van der Waals surface area contributed by atoms with Gasteiger partial charge in [-0.25, -0.2) is 0 Å². The van der Waals surface area contributed by atoms with Gasteiger partial charge in [-0.3, -0.25) is 4.79 Å². The minimum absolute atomic E-state index is 0.245. The average molecular weight is 493 g/mol. The molecule has 0 unspecified atom stereocenters. The Hall–Kier alpha value is -3.19. The lowest BCUT2D eigenvalue weighted by molar-refractivity contribution is -0.128. The summed E-state index contributed by atoms with van der Waals surface area (Å²) in [6.45, 7) is 7.55. The zero-order valence-corrected chi connectivity index (χ0v) is 20.1. The van der Waals surface area contributed by atoms with Crippen LogP contribution in [0.15, 0.2) is 65.1 Å². The van der Waals surface area contributed by atoms with Crippen LogP contribution in [0.5, 0.6) is 5.75 Å². The molecule has 1 heterocycles. The van der Waals surface area contributed by atoms with Crippen LogP contribution >= 0.6 is 15.9 Å². The van der Waals surface area contributed by atoms with E-state index in [1.807, 2.05) is 55.5 Å². The summed E-state index contributed by atoms with van der Waals surface area (Å²) in [5.74, 6) is 0.378. The zero-order chi connectivity index (χ0) is 22.9. The molecule has 164 valence electrons. The van der Waals surface area contributed by atoms with Crippen molar-refractivity contribution in [2.75, 3.05) is 5.32 Å². The number of rotatable bonds is 6. The number of benzene rings is 3. The van der Waals surface area contributed by atoms with Gasteiger partial charge in [0.05, 0.1) is 5.69 Å². The first-order valence-corrected chi connectivity index (χ1v) is 11.3. The molecule has 1 amide bonds. The standard InChI is InChI=1S/C25H25BrN4O2/c1-5-17-6-10-19(11-7-17)30-28-22-14-16(2)21(15-23(22)29-30)27-24(31)25(3,4)32-20-12-8-18(26)9-13-20/h6-15H,5H2,1-4H3,(H,27,31). The smallest absolute Gasteiger partial charge is 0.267 e. The quantitative estimate of drug-likeness (QED) is 0.366. The maximum atomic E-state index is 13.0. The largest absolute Gasteiger partial charge is 0.478 e. The van der Waals surface area contributed by atoms with E-state index in [1.165, 1.54) is 5.56 Å². The number of carbonyl (C=O) groups is 1. The maximum Gasteiger partial charge on any atom is 0.267 e. The summed E-state index contributed by atoms with van der Waals surface area (Å²) in [5, 5.41) is 12.2. The third-order valence-electron chi connectivity index (χ3n) is 5.28. The van der Waals surface area contributed by atoms with Crippen molar-refractivity contribution in [1.29, 1.82) is 0 Å². The number of anilines is 1. The van der Waals surface area contributed by atoms with E-state index < -0.39 is 5.60 Å². The van der Waals surface area contributed by atoms with E-state index in [0.717, 1.165) is 27.7 Å². The first-order chi connectivity index (χ1) is 15.2. The molecule has 1 N–H and O–H groups in total. The lowest BCUT2D eigenvalue weighted by Gasteiger charge is -2.25. The molecule has 0 saturated carbocycles. The van der Waals surface area contributed by atoms with Gasteiger partial charge >= 0.3 is 0 Å². The van der Waals surface area contributed by atoms with Gasteiger partial charge in [0.2, 0.25) is 0 Å². The zero-order valence-electron chi connectivity index (χ0n) is 18.5. The first kappa shape index (κ1) is 22.0. The van der Waals surface area contributed by atoms with Gasteiger partial charge in [-0.05, 0) is 86.8 Å². The third-order valence-corrected chi connectivity index (χ3v) is 5.81. The molecule has 0 spiro atoms. The molecule has 4 rings (SSSR count). The Bertz CT molecular complexity index is 1260. The second kappa shape index (κ2) is 8.74. The van der Waals surface area contributed by atoms with Gasteiger partial charge < -0.3 is 10.1 Å². The Labute approximate surface area is 195 Å². The molecule has 32 heavy (non-hydrogen) atoms. The van der Waals surface area contributed by atoms with Crippen molar-refractivity contribution in [3.63, 3.8) is 0 Å². The monoisotopic (exact) mass is 492 g/mol. The molecule has 6 nitrogen and oxygen atoms in total. The SMILES string of the molecule is CCc1ccc(-n2nc3cc(C)c(NC(=O)C(C)(C)Oc4ccc(Br)cc4)cc3n2)cc1. The van der Waals surface area contributed by atoms with Crippen molar-refractivity contribution in [1.82, 2.24) is 15.0 Å². The van der Waals surface area contributed by atoms with Gasteiger partial charge in [0.25, 0.3) is 5.91 Å². The predicted octanol–water partition coefficient (Wildman–Crippen LogP) is 5.85. The van der Waals surface area contributed by atoms with E-state index in [1.54, 1.807) is 18.6 Å². The van der Waals surface area contributed by atoms with Gasteiger partial charge in [-0.2, -0.15) is 4.80 Å². The number of amides is 1. The van der Waals surface area contributed by atoms with Crippen molar-refractivity contribution in [3.05, 3.63) is 76.3 Å². The molecule has 1 aromatic heterocycles. The highest BCUT2D eigenvalue weighted by atomic mass is 79.9. The number of carbonyl (C=O) groups excluding carboxylic acids is 1. The van der Waals surface area contributed by atoms with Crippen LogP contribution in [-0.2, 0) is 11.2 Å². The summed E-state index contributed by atoms with van der Waals surface area (Å²) in [6.07, 6.45) is 0.985. The molecule has 4 aromatic rings. The number of hydrogen-bond acceptors (Lipinski definition) is 4. The Morgan fingerprint density at radius 2 is 1.66 bits per heavy atom. The number of hydrogen-bond donors (Lipinski definition) is 1. The van der Waals surface area contributed by atoms with Crippen LogP contribution in [0.4, 0.5) is 5.69 Å². The number of ether oxygens (including phenoxy) is 1. The summed E-state index contributed by atoms with van der Waals surface area (Å²) in [7, 11) is 0. The van der Waals surface area contributed by atoms with Crippen LogP contribution in [0.3, 0.4) is 0 Å². The van der Waals surface area contributed by atoms with Crippen LogP contribution in [0, 0.1) is 6.92 Å². The second-order valence-corrected chi connectivity index (χ2v) is 9.10. The Morgan fingerprint density at radius 3 is 2.28 bits per heavy atom. The van der Waals surface area contributed by atoms with E-state index in [4.69, 9.17) is 4.74 Å². The molecule has 0 fully saturated rings. The van der Waals surface area contributed by atoms with Crippen LogP contribution in [0.2, 0.25) is 0 Å². The van der Waals surface area contributed by atoms with Crippen LogP contribution < -0.4 is 10.1 Å². The van der Waals surface area contributed by atoms with Crippen molar-refractivity contribution in [2.45, 2.75) is 39.7 Å². The Balaban J connectivity index is 1.56. The molecule has 0 aliphatic heterocycles. The van der Waals surface area contributed by atoms with Crippen LogP contribution in [-0.4, -0.2) is 26.5 Å². The summed E-state index contributed by atoms with van der Waals surface area (Å²) < 4.78 is 6.88. The Kier molecular flexibility index (Phi) is 6.02. The maximum absolute atomic E-state index is 13.0. The summed E-state index contributed by atoms with van der Waals surface area (Å²) in [6, 6.07) is 19.3. The molecule has 0 aliphatic rings. The molecule has 0 saturated heterocycles. The molecular weight excluding hydrogens is 468 g/mol. The summed E-state index contributed by atoms with van der Waals surface area (Å²) in [4.78, 5) is 14.6. The first-order valence-electron chi connectivity index (χ1n) is 10.5. The molecule has 0 atom stereocenters. The molecular formula is C25H25BrN4O2. The average Bonchev–Trinajstić information content (AvgIpc) is 3.18. The summed E-state index contributed by atoms with van der Waals surface area (Å²) in [5.41, 5.74) is 4.16. The summed E-state index contributed by atoms with van der Waals surface area (Å²) >= 11 is 3.40. The fourth-order valence-corrected chi connectivity index (χ4v) is 3.56. The molecule has 0 radical (unpaired) electrons. The second-order valence-electron chi connectivity index (χ2n) is 8.19. The van der Waals surface area contributed by atoms with Crippen molar-refractivity contribution < 1.29 is 9.53 Å². The normalized spacial score (nSPS) is 11.5. The predicted molar refractivity (Wildman–Crippen MR) is 130 cm³/mol. The highest BCUT2D eigenvalue weighted by Gasteiger charge is 2.30. The fourth-order valence-electron chi connectivity index (χ4n) is 3.30. The van der Waals surface area contributed by atoms with Crippen LogP contribution in [0.1, 0.15) is 31.9 Å². The van der Waals surface area contributed by atoms with Crippen LogP contribution in [0.25, 0.3) is 16.7 Å². The molecule has 7 heteroatoms. The van der Waals surface area contributed by atoms with Gasteiger partial charge in [0.15, 0.2) is 5.60 Å². The van der Waals surface area contributed by atoms with E-state index in [-0.39, 0.29) is 5.91 Å². The number of aryl methyl sites for hydroxylation is 2. The minimum Gasteiger partial charge on any atom is -0.478 e. The Morgan fingerprint density at radius 1 is 1.03 bits per heavy atom. The van der Waals surface area contributed by atoms with E-state index >= 15 is 0 Å². The van der Waals surface area contributed by atoms with Crippen molar-refractivity contribution >= 4 is 38.6 Å². The number of aromatic nitrogens is 3. The minimum atomic E-state index is -1.06. The fraction of sp³-hybridized carbons (Fsp3) is 0.240. The number of nitrogens with one attached hydrogen (secondary N) is 1. The molecule has 0 bridgehead atoms. The van der Waals surface area contributed by atoms with Crippen molar-refractivity contribution in [3.8, 4) is 11.4 Å². The van der Waals surface area contributed by atoms with Gasteiger partial charge in [0, 0.05) is 10.2 Å². The number of nitrogens with zero attached hydrogens (tertiary/aromatic N) is 3. The van der Waals surface area contributed by atoms with Crippen molar-refractivity contribution in [2.24, 2.45) is 0 Å². The van der Waals surface area contributed by atoms with E-state index in [9.17, 15) is 4.79 Å². The topological polar surface area (TPSA) is 69.0 Å². The van der Waals surface area contributed by atoms with E-state index in [2.05, 4.69) is 50.5 Å².